The van der Waals surface area contributed by atoms with Gasteiger partial charge in [0, 0.05) is 140 Å². The number of pyridine rings is 1. The van der Waals surface area contributed by atoms with Gasteiger partial charge in [-0.15, -0.1) is 12.8 Å². The van der Waals surface area contributed by atoms with Crippen molar-refractivity contribution in [1.29, 1.82) is 0 Å². The monoisotopic (exact) mass is 1920 g/mol. The molecule has 0 aliphatic carbocycles. The maximum atomic E-state index is 12.0. The van der Waals surface area contributed by atoms with Gasteiger partial charge in [-0.2, -0.15) is 0 Å². The van der Waals surface area contributed by atoms with Crippen LogP contribution >= 0.6 is 59.1 Å². The minimum atomic E-state index is -0.465. The van der Waals surface area contributed by atoms with Gasteiger partial charge < -0.3 is 61.5 Å². The molecule has 5 aromatic rings. The number of carbonyl (C=O) groups excluding carboxylic acids is 8. The van der Waals surface area contributed by atoms with Gasteiger partial charge in [-0.3, -0.25) is 48.2 Å². The molecule has 8 rings (SSSR count). The molecule has 28 heteroatoms. The molecule has 1 saturated heterocycles. The summed E-state index contributed by atoms with van der Waals surface area (Å²) in [6, 6.07) is 35.5. The standard InChI is InChI=1S/C14H23NO2.C13H15NO.C12H13NO2.C11H14BrNO.C11H23NO2.C10H16N2S2.C8H11NO2.C8H13NO.C7H13NO.C7H17NS2/c1-14(2,3)15-10-11-6-8-12(9-7-11)13(16-4)17-5;1-5-10-6-8-11(9-7-10)12(15)14-13(2,3)4;1-12(2,3)13-10(14)8-6-4-5-7-9(8)11(13)15;1-11(2,3)13-10(14)8-4-6-9(12)7-5-8;1-11(2,3)12-7-9-14-10-6-4-5-8-13-10;1-10(2,3)12-8-13-14-9-6-4-5-7-11-9;1-8(2,3)9-6(10)4-5-7(9)11;1-5-6-7(10)9-8(2,3)4;1-5-6(9)8-7(2,3)4;1-5-9-10-6-8-7(2,3)4/h6-9,13,15H,10H2,1-5H3;1,6-9H,2-4H3,(H,14,15);4-7H,1-3H3;4-7H,1-3H3,(H,13,14);10,12H,4-9H2,1-3H3;4-7,12H,8H2,1-3H3;4-5H,1-3H3;1H,6H2,2-4H3,(H,9,10);5H,1H2,2-4H3,(H,8,9);8H,5-6H2,1-4H3. The third-order valence-electron chi connectivity index (χ3n) is 15.8. The number of nitrogens with one attached hydrogen (secondary N) is 8. The predicted octanol–water partition coefficient (Wildman–Crippen LogP) is 20.7. The molecule has 0 saturated carbocycles. The highest BCUT2D eigenvalue weighted by atomic mass is 79.9. The first kappa shape index (κ1) is 123. The van der Waals surface area contributed by atoms with Gasteiger partial charge >= 0.3 is 0 Å². The third-order valence-corrected chi connectivity index (χ3v) is 20.6. The van der Waals surface area contributed by atoms with Crippen LogP contribution in [0.15, 0.2) is 156 Å². The topological polar surface area (TPSA) is 289 Å². The number of fused-ring (bicyclic) bond motifs is 1. The van der Waals surface area contributed by atoms with Gasteiger partial charge in [-0.25, -0.2) is 4.98 Å². The summed E-state index contributed by atoms with van der Waals surface area (Å²) >= 11 is 3.32. The number of terminal acetylenes is 2. The van der Waals surface area contributed by atoms with Crippen LogP contribution in [0, 0.1) is 24.7 Å². The molecule has 8 amide bonds. The van der Waals surface area contributed by atoms with E-state index in [0.717, 1.165) is 65.1 Å². The summed E-state index contributed by atoms with van der Waals surface area (Å²) in [6.07, 6.45) is 19.2. The van der Waals surface area contributed by atoms with Gasteiger partial charge in [0.2, 0.25) is 11.8 Å². The van der Waals surface area contributed by atoms with Crippen molar-refractivity contribution in [3.8, 4) is 24.7 Å². The van der Waals surface area contributed by atoms with Crippen LogP contribution in [0.25, 0.3) is 0 Å². The van der Waals surface area contributed by atoms with Crippen molar-refractivity contribution >= 4 is 106 Å². The lowest BCUT2D eigenvalue weighted by atomic mass is 10.1. The van der Waals surface area contributed by atoms with E-state index in [1.165, 1.54) is 52.2 Å². The Morgan fingerprint density at radius 1 is 0.543 bits per heavy atom. The number of aromatic nitrogens is 1. The Morgan fingerprint density at radius 2 is 0.984 bits per heavy atom. The van der Waals surface area contributed by atoms with E-state index in [9.17, 15) is 38.4 Å². The lowest BCUT2D eigenvalue weighted by molar-refractivity contribution is -0.161. The molecule has 1 atom stereocenters. The van der Waals surface area contributed by atoms with E-state index in [2.05, 4.69) is 184 Å². The fourth-order valence-corrected chi connectivity index (χ4v) is 13.9. The molecule has 0 spiro atoms. The lowest BCUT2D eigenvalue weighted by Crippen LogP contribution is -2.45. The van der Waals surface area contributed by atoms with E-state index in [1.807, 2.05) is 195 Å². The van der Waals surface area contributed by atoms with Gasteiger partial charge in [0.1, 0.15) is 5.03 Å². The molecule has 8 N–H and O–H groups in total. The van der Waals surface area contributed by atoms with Crippen molar-refractivity contribution in [3.63, 3.8) is 0 Å². The Labute approximate surface area is 801 Å². The molecule has 1 fully saturated rings. The number of ether oxygens (including phenoxy) is 4. The second kappa shape index (κ2) is 60.5. The van der Waals surface area contributed by atoms with Crippen LogP contribution in [0.5, 0.6) is 0 Å². The molecule has 3 aliphatic rings. The highest BCUT2D eigenvalue weighted by Crippen LogP contribution is 2.31. The maximum absolute atomic E-state index is 12.0. The second-order valence-corrected chi connectivity index (χ2v) is 45.9. The van der Waals surface area contributed by atoms with E-state index in [1.54, 1.807) is 96.5 Å². The van der Waals surface area contributed by atoms with Crippen LogP contribution in [0.3, 0.4) is 0 Å². The number of imide groups is 2. The second-order valence-electron chi connectivity index (χ2n) is 40.0. The molecule has 720 valence electrons. The first-order chi connectivity index (χ1) is 59.2. The van der Waals surface area contributed by atoms with Crippen LogP contribution in [0.1, 0.15) is 305 Å². The molecule has 23 nitrogen and oxygen atoms in total. The number of halogens is 1. The number of benzene rings is 4. The van der Waals surface area contributed by atoms with Crippen molar-refractivity contribution in [1.82, 2.24) is 57.3 Å². The van der Waals surface area contributed by atoms with Crippen molar-refractivity contribution in [3.05, 3.63) is 190 Å². The first-order valence-electron chi connectivity index (χ1n) is 43.3. The highest BCUT2D eigenvalue weighted by molar-refractivity contribution is 9.10. The van der Waals surface area contributed by atoms with E-state index in [0.29, 0.717) is 22.3 Å². The van der Waals surface area contributed by atoms with Crippen LogP contribution < -0.4 is 42.5 Å². The number of nitrogens with zero attached hydrogens (tertiary/aromatic N) is 3. The Kier molecular flexibility index (Phi) is 57.9. The molecule has 4 aromatic carbocycles. The van der Waals surface area contributed by atoms with Crippen molar-refractivity contribution in [2.45, 2.75) is 320 Å². The van der Waals surface area contributed by atoms with Gasteiger partial charge in [-0.05, 0) is 322 Å². The minimum absolute atomic E-state index is 0.0370. The van der Waals surface area contributed by atoms with Gasteiger partial charge in [0.15, 0.2) is 12.6 Å². The summed E-state index contributed by atoms with van der Waals surface area (Å²) in [7, 11) is 10.6. The van der Waals surface area contributed by atoms with Gasteiger partial charge in [0.05, 0.1) is 35.9 Å². The van der Waals surface area contributed by atoms with Crippen LogP contribution in [0.2, 0.25) is 0 Å². The van der Waals surface area contributed by atoms with Crippen LogP contribution in [-0.2, 0) is 44.7 Å². The number of methoxy groups -OCH3 is 2. The summed E-state index contributed by atoms with van der Waals surface area (Å²) in [5, 5.41) is 25.9. The molecule has 0 radical (unpaired) electrons. The predicted molar refractivity (Wildman–Crippen MR) is 546 cm³/mol. The van der Waals surface area contributed by atoms with E-state index in [-0.39, 0.29) is 111 Å². The highest BCUT2D eigenvalue weighted by Gasteiger charge is 2.41. The summed E-state index contributed by atoms with van der Waals surface area (Å²) in [4.78, 5) is 97.6. The molecule has 0 bridgehead atoms. The summed E-state index contributed by atoms with van der Waals surface area (Å²) < 4.78 is 22.4. The molecule has 3 aliphatic heterocycles. The van der Waals surface area contributed by atoms with Crippen molar-refractivity contribution in [2.24, 2.45) is 0 Å². The summed E-state index contributed by atoms with van der Waals surface area (Å²) in [5.74, 6) is 6.81. The van der Waals surface area contributed by atoms with Crippen LogP contribution in [-0.4, -0.2) is 175 Å². The largest absolute Gasteiger partial charge is 0.353 e. The number of carbonyl (C=O) groups is 8. The first-order valence-corrected chi connectivity index (χ1v) is 48.9. The summed E-state index contributed by atoms with van der Waals surface area (Å²) in [6.45, 7) is 69.2. The molecule has 4 heterocycles. The van der Waals surface area contributed by atoms with E-state index >= 15 is 0 Å². The normalized spacial score (nSPS) is 13.7. The molecule has 1 aromatic heterocycles. The Morgan fingerprint density at radius 3 is 1.34 bits per heavy atom. The number of hydrogen-bond donors (Lipinski definition) is 8. The Hall–Kier alpha value is -7.65. The zero-order chi connectivity index (χ0) is 99.6. The SMILES string of the molecule is C#CCC(=O)NC(C)(C)C.C#Cc1ccc(C(=O)NC(C)(C)C)cc1.C=CC(=O)NC(C)(C)C.CC(C)(C)N1C(=O)C=CC1=O.CC(C)(C)N1C(=O)c2ccccc2C1=O.CC(C)(C)NC(=O)c1ccc(Br)cc1.CC(C)(C)NCCOC1CCCCO1.CC(C)(C)NCSSc1ccccn1.CCSSCNC(C)(C)C.COC(OC)c1ccc(CNC(C)(C)C)cc1. The van der Waals surface area contributed by atoms with Gasteiger partial charge in [-0.1, -0.05) is 116 Å². The van der Waals surface area contributed by atoms with E-state index < -0.39 is 11.1 Å². The van der Waals surface area contributed by atoms with Gasteiger partial charge in [0.25, 0.3) is 35.4 Å². The smallest absolute Gasteiger partial charge is 0.262 e. The van der Waals surface area contributed by atoms with Crippen molar-refractivity contribution in [2.75, 3.05) is 51.5 Å². The van der Waals surface area contributed by atoms with E-state index in [4.69, 9.17) is 31.8 Å². The Balaban J connectivity index is 0. The zero-order valence-corrected chi connectivity index (χ0v) is 88.7. The maximum Gasteiger partial charge on any atom is 0.262 e. The van der Waals surface area contributed by atoms with Crippen molar-refractivity contribution < 1.29 is 57.3 Å². The zero-order valence-electron chi connectivity index (χ0n) is 83.8. The fourth-order valence-electron chi connectivity index (χ4n) is 10.1. The molecular weight excluding hydrogens is 1770 g/mol. The molecular formula is C101H158BrN11O12S4. The fraction of sp³-hybridized carbons (Fsp3) is 0.554. The minimum Gasteiger partial charge on any atom is -0.353 e. The lowest BCUT2D eigenvalue weighted by Gasteiger charge is -2.29. The number of amides is 8. The quantitative estimate of drug-likeness (QED) is 0.00846. The molecule has 129 heavy (non-hydrogen) atoms. The number of hydrogen-bond acceptors (Lipinski definition) is 21. The third kappa shape index (κ3) is 64.0. The van der Waals surface area contributed by atoms with Crippen LogP contribution in [0.4, 0.5) is 0 Å². The summed E-state index contributed by atoms with van der Waals surface area (Å²) in [5.41, 5.74) is 4.58. The average molecular weight is 1930 g/mol. The number of rotatable bonds is 21. The Bertz CT molecular complexity index is 4200. The average Bonchev–Trinajstić information content (AvgIpc) is 1.61. The molecule has 1 unspecified atom stereocenters.